The van der Waals surface area contributed by atoms with Crippen molar-refractivity contribution in [1.82, 2.24) is 5.32 Å². The standard InChI is InChI=1S/C14H27NS/c1-10-9-15-13(16-10)11-5-7-12(8-6-11)14(2,3)4/h10-13,15H,5-9H2,1-4H3. The molecule has 2 rings (SSSR count). The summed E-state index contributed by atoms with van der Waals surface area (Å²) in [7, 11) is 0. The second kappa shape index (κ2) is 4.89. The fraction of sp³-hybridized carbons (Fsp3) is 1.00. The van der Waals surface area contributed by atoms with Gasteiger partial charge >= 0.3 is 0 Å². The number of rotatable bonds is 1. The van der Waals surface area contributed by atoms with Gasteiger partial charge in [-0.25, -0.2) is 0 Å². The summed E-state index contributed by atoms with van der Waals surface area (Å²) < 4.78 is 0. The van der Waals surface area contributed by atoms with E-state index in [4.69, 9.17) is 0 Å². The maximum Gasteiger partial charge on any atom is 0.0564 e. The van der Waals surface area contributed by atoms with Gasteiger partial charge in [0.25, 0.3) is 0 Å². The van der Waals surface area contributed by atoms with Crippen molar-refractivity contribution in [3.8, 4) is 0 Å². The molecule has 2 fully saturated rings. The molecule has 2 aliphatic rings. The molecule has 1 saturated carbocycles. The van der Waals surface area contributed by atoms with Crippen LogP contribution in [0.25, 0.3) is 0 Å². The molecule has 1 saturated heterocycles. The van der Waals surface area contributed by atoms with Crippen LogP contribution in [0.4, 0.5) is 0 Å². The third-order valence-corrected chi connectivity index (χ3v) is 5.89. The summed E-state index contributed by atoms with van der Waals surface area (Å²) in [5.41, 5.74) is 0.522. The first kappa shape index (κ1) is 12.8. The highest BCUT2D eigenvalue weighted by molar-refractivity contribution is 8.00. The zero-order valence-corrected chi connectivity index (χ0v) is 12.1. The first-order valence-corrected chi connectivity index (χ1v) is 7.80. The molecule has 1 nitrogen and oxygen atoms in total. The number of nitrogens with one attached hydrogen (secondary N) is 1. The molecule has 2 atom stereocenters. The van der Waals surface area contributed by atoms with E-state index in [1.54, 1.807) is 0 Å². The van der Waals surface area contributed by atoms with E-state index in [0.717, 1.165) is 22.5 Å². The topological polar surface area (TPSA) is 12.0 Å². The van der Waals surface area contributed by atoms with E-state index in [0.29, 0.717) is 5.41 Å². The highest BCUT2D eigenvalue weighted by atomic mass is 32.2. The van der Waals surface area contributed by atoms with Crippen molar-refractivity contribution in [2.24, 2.45) is 17.3 Å². The Labute approximate surface area is 105 Å². The third kappa shape index (κ3) is 2.95. The van der Waals surface area contributed by atoms with Crippen LogP contribution >= 0.6 is 11.8 Å². The normalized spacial score (nSPS) is 41.2. The van der Waals surface area contributed by atoms with E-state index in [1.807, 2.05) is 0 Å². The molecule has 1 heterocycles. The minimum atomic E-state index is 0.522. The second-order valence-corrected chi connectivity index (χ2v) is 8.34. The van der Waals surface area contributed by atoms with E-state index < -0.39 is 0 Å². The van der Waals surface area contributed by atoms with Crippen molar-refractivity contribution in [3.63, 3.8) is 0 Å². The van der Waals surface area contributed by atoms with E-state index in [-0.39, 0.29) is 0 Å². The molecule has 0 aromatic rings. The van der Waals surface area contributed by atoms with E-state index in [1.165, 1.54) is 32.2 Å². The molecule has 0 radical (unpaired) electrons. The molecule has 1 aliphatic heterocycles. The first-order chi connectivity index (χ1) is 7.47. The molecular formula is C14H27NS. The molecule has 0 bridgehead atoms. The van der Waals surface area contributed by atoms with Crippen molar-refractivity contribution in [3.05, 3.63) is 0 Å². The molecule has 2 unspecified atom stereocenters. The maximum absolute atomic E-state index is 3.69. The van der Waals surface area contributed by atoms with E-state index >= 15 is 0 Å². The van der Waals surface area contributed by atoms with Crippen molar-refractivity contribution < 1.29 is 0 Å². The quantitative estimate of drug-likeness (QED) is 0.747. The first-order valence-electron chi connectivity index (χ1n) is 6.85. The van der Waals surface area contributed by atoms with E-state index in [9.17, 15) is 0 Å². The summed E-state index contributed by atoms with van der Waals surface area (Å²) in [6, 6.07) is 0. The van der Waals surface area contributed by atoms with Crippen molar-refractivity contribution >= 4 is 11.8 Å². The van der Waals surface area contributed by atoms with Gasteiger partial charge in [-0.1, -0.05) is 27.7 Å². The molecule has 1 N–H and O–H groups in total. The molecule has 1 aliphatic carbocycles. The molecule has 0 aromatic heterocycles. The Bertz CT molecular complexity index is 225. The zero-order chi connectivity index (χ0) is 11.8. The van der Waals surface area contributed by atoms with Crippen LogP contribution in [0.5, 0.6) is 0 Å². The van der Waals surface area contributed by atoms with Crippen LogP contribution < -0.4 is 5.32 Å². The van der Waals surface area contributed by atoms with Crippen LogP contribution in [-0.4, -0.2) is 17.2 Å². The fourth-order valence-electron chi connectivity index (χ4n) is 3.19. The Morgan fingerprint density at radius 2 is 1.69 bits per heavy atom. The predicted octanol–water partition coefficient (Wildman–Crippen LogP) is 3.89. The van der Waals surface area contributed by atoms with Gasteiger partial charge in [0.15, 0.2) is 0 Å². The smallest absolute Gasteiger partial charge is 0.0564 e. The molecule has 0 amide bonds. The third-order valence-electron chi connectivity index (χ3n) is 4.41. The van der Waals surface area contributed by atoms with Crippen molar-refractivity contribution in [1.29, 1.82) is 0 Å². The summed E-state index contributed by atoms with van der Waals surface area (Å²) in [4.78, 5) is 0. The SMILES string of the molecule is CC1CNC(C2CCC(C(C)(C)C)CC2)S1. The second-order valence-electron chi connectivity index (χ2n) is 6.75. The van der Waals surface area contributed by atoms with Crippen LogP contribution in [0, 0.1) is 17.3 Å². The molecule has 2 heteroatoms. The molecule has 0 aromatic carbocycles. The lowest BCUT2D eigenvalue weighted by Gasteiger charge is -2.38. The van der Waals surface area contributed by atoms with Crippen molar-refractivity contribution in [2.75, 3.05) is 6.54 Å². The Kier molecular flexibility index (Phi) is 3.90. The predicted molar refractivity (Wildman–Crippen MR) is 73.7 cm³/mol. The Morgan fingerprint density at radius 1 is 1.06 bits per heavy atom. The minimum absolute atomic E-state index is 0.522. The van der Waals surface area contributed by atoms with E-state index in [2.05, 4.69) is 44.8 Å². The van der Waals surface area contributed by atoms with Gasteiger partial charge in [0.2, 0.25) is 0 Å². The Morgan fingerprint density at radius 3 is 2.12 bits per heavy atom. The molecule has 16 heavy (non-hydrogen) atoms. The summed E-state index contributed by atoms with van der Waals surface area (Å²) in [5, 5.41) is 5.28. The monoisotopic (exact) mass is 241 g/mol. The van der Waals surface area contributed by atoms with Crippen LogP contribution in [0.2, 0.25) is 0 Å². The van der Waals surface area contributed by atoms with Gasteiger partial charge in [-0.3, -0.25) is 0 Å². The van der Waals surface area contributed by atoms with Gasteiger partial charge in [-0.05, 0) is 42.9 Å². The Balaban J connectivity index is 1.81. The summed E-state index contributed by atoms with van der Waals surface area (Å²) in [6.45, 7) is 10.8. The molecular weight excluding hydrogens is 214 g/mol. The summed E-state index contributed by atoms with van der Waals surface area (Å²) in [5.74, 6) is 1.89. The van der Waals surface area contributed by atoms with Gasteiger partial charge in [0, 0.05) is 11.8 Å². The number of hydrogen-bond donors (Lipinski definition) is 1. The lowest BCUT2D eigenvalue weighted by molar-refractivity contribution is 0.146. The minimum Gasteiger partial charge on any atom is -0.304 e. The van der Waals surface area contributed by atoms with Crippen LogP contribution in [-0.2, 0) is 0 Å². The van der Waals surface area contributed by atoms with Crippen LogP contribution in [0.15, 0.2) is 0 Å². The van der Waals surface area contributed by atoms with Gasteiger partial charge < -0.3 is 5.32 Å². The largest absolute Gasteiger partial charge is 0.304 e. The van der Waals surface area contributed by atoms with Gasteiger partial charge in [-0.15, -0.1) is 11.8 Å². The highest BCUT2D eigenvalue weighted by Gasteiger charge is 2.35. The number of thioether (sulfide) groups is 1. The van der Waals surface area contributed by atoms with Gasteiger partial charge in [0.1, 0.15) is 0 Å². The van der Waals surface area contributed by atoms with Crippen molar-refractivity contribution in [2.45, 2.75) is 64.0 Å². The van der Waals surface area contributed by atoms with Crippen LogP contribution in [0.3, 0.4) is 0 Å². The lowest BCUT2D eigenvalue weighted by atomic mass is 9.70. The highest BCUT2D eigenvalue weighted by Crippen LogP contribution is 2.43. The summed E-state index contributed by atoms with van der Waals surface area (Å²) >= 11 is 2.17. The zero-order valence-electron chi connectivity index (χ0n) is 11.3. The average molecular weight is 241 g/mol. The average Bonchev–Trinajstić information content (AvgIpc) is 2.64. The fourth-order valence-corrected chi connectivity index (χ4v) is 4.57. The maximum atomic E-state index is 3.69. The number of hydrogen-bond acceptors (Lipinski definition) is 2. The van der Waals surface area contributed by atoms with Gasteiger partial charge in [-0.2, -0.15) is 0 Å². The van der Waals surface area contributed by atoms with Gasteiger partial charge in [0.05, 0.1) is 5.37 Å². The lowest BCUT2D eigenvalue weighted by Crippen LogP contribution is -2.34. The summed E-state index contributed by atoms with van der Waals surface area (Å²) in [6.07, 6.45) is 5.78. The van der Waals surface area contributed by atoms with Crippen LogP contribution in [0.1, 0.15) is 53.4 Å². The molecule has 0 spiro atoms. The molecule has 94 valence electrons. The Hall–Kier alpha value is 0.310.